The van der Waals surface area contributed by atoms with E-state index >= 15 is 0 Å². The molecular weight excluding hydrogens is 244 g/mol. The summed E-state index contributed by atoms with van der Waals surface area (Å²) in [5.74, 6) is -3.29. The van der Waals surface area contributed by atoms with E-state index in [1.165, 1.54) is 5.32 Å². The number of carboxylic acids is 1. The Balaban J connectivity index is 3.03. The molecule has 0 saturated heterocycles. The molecule has 8 nitrogen and oxygen atoms in total. The number of rotatable bonds is 5. The van der Waals surface area contributed by atoms with Crippen molar-refractivity contribution in [2.75, 3.05) is 6.56 Å². The third-order valence-electron chi connectivity index (χ3n) is 1.90. The molecule has 0 unspecified atom stereocenters. The summed E-state index contributed by atoms with van der Waals surface area (Å²) in [6.07, 6.45) is 0. The number of carbonyl (C=O) groups is 2. The molecule has 0 fully saturated rings. The van der Waals surface area contributed by atoms with Crippen molar-refractivity contribution in [2.24, 2.45) is 0 Å². The van der Waals surface area contributed by atoms with E-state index in [-0.39, 0.29) is 11.3 Å². The fourth-order valence-corrected chi connectivity index (χ4v) is 1.05. The van der Waals surface area contributed by atoms with Crippen molar-refractivity contribution >= 4 is 17.6 Å². The van der Waals surface area contributed by atoms with Crippen molar-refractivity contribution in [3.8, 4) is 0 Å². The number of hydrogen-bond donors (Lipinski definition) is 3. The van der Waals surface area contributed by atoms with Gasteiger partial charge in [-0.2, -0.15) is 0 Å². The largest absolute Gasteiger partial charge is 0.480 e. The van der Waals surface area contributed by atoms with Gasteiger partial charge in [0.25, 0.3) is 11.6 Å². The molecule has 0 spiro atoms. The molecular formula is C10H10N2O6. The fourth-order valence-electron chi connectivity index (χ4n) is 1.05. The molecule has 1 atom stereocenters. The van der Waals surface area contributed by atoms with Crippen LogP contribution in [0.4, 0.5) is 5.69 Å². The van der Waals surface area contributed by atoms with Crippen LogP contribution in [-0.2, 0) is 4.79 Å². The molecule has 0 aliphatic heterocycles. The minimum absolute atomic E-state index is 0.234. The van der Waals surface area contributed by atoms with E-state index in [1.54, 1.807) is 0 Å². The summed E-state index contributed by atoms with van der Waals surface area (Å²) in [6.45, 7) is -3.55. The van der Waals surface area contributed by atoms with Crippen LogP contribution in [0.5, 0.6) is 0 Å². The van der Waals surface area contributed by atoms with Crippen LogP contribution in [0.15, 0.2) is 24.3 Å². The Morgan fingerprint density at radius 1 is 1.50 bits per heavy atom. The maximum absolute atomic E-state index is 11.8. The summed E-state index contributed by atoms with van der Waals surface area (Å²) in [6, 6.07) is 0.640. The highest BCUT2D eigenvalue weighted by molar-refractivity contribution is 5.96. The summed E-state index contributed by atoms with van der Waals surface area (Å²) in [5, 5.41) is 29.8. The number of benzene rings is 1. The molecule has 18 heavy (non-hydrogen) atoms. The summed E-state index contributed by atoms with van der Waals surface area (Å²) in [5.41, 5.74) is -0.540. The predicted molar refractivity (Wildman–Crippen MR) is 59.1 cm³/mol. The number of nitro groups is 1. The number of nitro benzene ring substituents is 1. The number of aliphatic hydroxyl groups is 1. The molecule has 0 saturated carbocycles. The van der Waals surface area contributed by atoms with E-state index in [9.17, 15) is 19.7 Å². The van der Waals surface area contributed by atoms with E-state index in [2.05, 4.69) is 0 Å². The smallest absolute Gasteiger partial charge is 0.328 e. The highest BCUT2D eigenvalue weighted by Crippen LogP contribution is 2.11. The minimum Gasteiger partial charge on any atom is -0.480 e. The van der Waals surface area contributed by atoms with Gasteiger partial charge >= 0.3 is 5.97 Å². The number of carboxylic acid groups (broad SMARTS) is 1. The Hall–Kier alpha value is -2.48. The number of non-ortho nitro benzene ring substituents is 1. The summed E-state index contributed by atoms with van der Waals surface area (Å²) in [7, 11) is 0. The summed E-state index contributed by atoms with van der Waals surface area (Å²) >= 11 is 0. The maximum atomic E-state index is 11.8. The SMILES string of the molecule is [2H]C([2H])(O)[C@@]([2H])(NC(=O)c1ccc([N+](=O)[O-])cc1)C(=O)O. The Bertz CT molecular complexity index is 585. The average Bonchev–Trinajstić information content (AvgIpc) is 2.37. The molecule has 96 valence electrons. The standard InChI is InChI=1S/C10H10N2O6/c13-5-8(10(15)16)11-9(14)6-1-3-7(4-2-6)12(17)18/h1-4,8,13H,5H2,(H,11,14)(H,15,16)/t8-/m1/s1/i5D2,8D. The predicted octanol–water partition coefficient (Wildman–Crippen LogP) is -0.230. The van der Waals surface area contributed by atoms with E-state index < -0.39 is 29.4 Å². The van der Waals surface area contributed by atoms with Gasteiger partial charge in [0.1, 0.15) is 0 Å². The zero-order chi connectivity index (χ0) is 16.4. The molecule has 1 aromatic rings. The van der Waals surface area contributed by atoms with E-state index in [0.29, 0.717) is 0 Å². The lowest BCUT2D eigenvalue weighted by molar-refractivity contribution is -0.384. The van der Waals surface area contributed by atoms with Gasteiger partial charge < -0.3 is 15.5 Å². The van der Waals surface area contributed by atoms with Gasteiger partial charge in [0, 0.05) is 17.7 Å². The topological polar surface area (TPSA) is 130 Å². The second-order valence-corrected chi connectivity index (χ2v) is 3.05. The van der Waals surface area contributed by atoms with Gasteiger partial charge in [-0.1, -0.05) is 0 Å². The second-order valence-electron chi connectivity index (χ2n) is 3.05. The Labute approximate surface area is 105 Å². The van der Waals surface area contributed by atoms with Crippen LogP contribution in [0.25, 0.3) is 0 Å². The number of carbonyl (C=O) groups excluding carboxylic acids is 1. The van der Waals surface area contributed by atoms with E-state index in [1.807, 2.05) is 0 Å². The van der Waals surface area contributed by atoms with Crippen LogP contribution in [0, 0.1) is 10.1 Å². The van der Waals surface area contributed by atoms with Gasteiger partial charge in [0.05, 0.1) is 15.6 Å². The normalized spacial score (nSPS) is 16.6. The number of aliphatic carboxylic acids is 1. The van der Waals surface area contributed by atoms with Crippen LogP contribution in [-0.4, -0.2) is 39.6 Å². The number of hydrogen-bond acceptors (Lipinski definition) is 5. The molecule has 0 heterocycles. The number of nitrogens with zero attached hydrogens (tertiary/aromatic N) is 1. The number of amides is 1. The first-order valence-corrected chi connectivity index (χ1v) is 4.52. The quantitative estimate of drug-likeness (QED) is 0.493. The first kappa shape index (κ1) is 9.54. The highest BCUT2D eigenvalue weighted by atomic mass is 16.6. The lowest BCUT2D eigenvalue weighted by Crippen LogP contribution is -2.43. The van der Waals surface area contributed by atoms with Crippen LogP contribution >= 0.6 is 0 Å². The monoisotopic (exact) mass is 257 g/mol. The molecule has 0 aliphatic rings. The maximum Gasteiger partial charge on any atom is 0.328 e. The zero-order valence-electron chi connectivity index (χ0n) is 11.8. The van der Waals surface area contributed by atoms with Crippen molar-refractivity contribution in [3.05, 3.63) is 39.9 Å². The van der Waals surface area contributed by atoms with Crippen molar-refractivity contribution in [1.82, 2.24) is 5.32 Å². The third kappa shape index (κ3) is 3.25. The van der Waals surface area contributed by atoms with E-state index in [0.717, 1.165) is 24.3 Å². The summed E-state index contributed by atoms with van der Waals surface area (Å²) < 4.78 is 21.2. The molecule has 1 amide bonds. The Morgan fingerprint density at radius 3 is 2.44 bits per heavy atom. The number of nitrogens with one attached hydrogen (secondary N) is 1. The molecule has 0 aromatic heterocycles. The average molecular weight is 257 g/mol. The molecule has 0 bridgehead atoms. The fraction of sp³-hybridized carbons (Fsp3) is 0.200. The van der Waals surface area contributed by atoms with Gasteiger partial charge in [0.2, 0.25) is 0 Å². The van der Waals surface area contributed by atoms with Gasteiger partial charge in [-0.3, -0.25) is 14.9 Å². The lowest BCUT2D eigenvalue weighted by atomic mass is 10.2. The van der Waals surface area contributed by atoms with Crippen LogP contribution < -0.4 is 5.32 Å². The zero-order valence-corrected chi connectivity index (χ0v) is 8.78. The van der Waals surface area contributed by atoms with Gasteiger partial charge in [0.15, 0.2) is 6.02 Å². The van der Waals surface area contributed by atoms with Crippen molar-refractivity contribution < 1.29 is 28.8 Å². The van der Waals surface area contributed by atoms with E-state index in [4.69, 9.17) is 14.3 Å². The first-order chi connectivity index (χ1) is 9.49. The summed E-state index contributed by atoms with van der Waals surface area (Å²) in [4.78, 5) is 32.4. The van der Waals surface area contributed by atoms with Gasteiger partial charge in [-0.25, -0.2) is 4.79 Å². The lowest BCUT2D eigenvalue weighted by Gasteiger charge is -2.11. The third-order valence-corrected chi connectivity index (χ3v) is 1.90. The molecule has 1 rings (SSSR count). The Morgan fingerprint density at radius 2 is 2.06 bits per heavy atom. The van der Waals surface area contributed by atoms with Gasteiger partial charge in [-0.15, -0.1) is 0 Å². The molecule has 0 radical (unpaired) electrons. The minimum atomic E-state index is -3.55. The molecule has 0 aliphatic carbocycles. The highest BCUT2D eigenvalue weighted by Gasteiger charge is 2.19. The van der Waals surface area contributed by atoms with Crippen molar-refractivity contribution in [3.63, 3.8) is 0 Å². The van der Waals surface area contributed by atoms with Gasteiger partial charge in [-0.05, 0) is 12.1 Å². The second kappa shape index (κ2) is 5.73. The van der Waals surface area contributed by atoms with Crippen molar-refractivity contribution in [2.45, 2.75) is 6.02 Å². The van der Waals surface area contributed by atoms with Crippen LogP contribution in [0.1, 0.15) is 14.5 Å². The molecule has 3 N–H and O–H groups in total. The molecule has 1 aromatic carbocycles. The first-order valence-electron chi connectivity index (χ1n) is 6.02. The van der Waals surface area contributed by atoms with Crippen LogP contribution in [0.2, 0.25) is 0 Å². The van der Waals surface area contributed by atoms with Crippen molar-refractivity contribution in [1.29, 1.82) is 0 Å². The molecule has 8 heteroatoms. The Kier molecular flexibility index (Phi) is 3.04. The van der Waals surface area contributed by atoms with Crippen LogP contribution in [0.3, 0.4) is 0 Å².